The number of carboxylic acid groups (broad SMARTS) is 1. The first-order chi connectivity index (χ1) is 7.02. The highest BCUT2D eigenvalue weighted by Crippen LogP contribution is 2.34. The minimum atomic E-state index is -1.07. The Labute approximate surface area is 90.0 Å². The first-order valence-electron chi connectivity index (χ1n) is 5.50. The van der Waals surface area contributed by atoms with E-state index in [2.05, 4.69) is 12.2 Å². The third-order valence-electron chi connectivity index (χ3n) is 3.08. The Balaban J connectivity index is 2.28. The Morgan fingerprint density at radius 3 is 2.40 bits per heavy atom. The molecule has 15 heavy (non-hydrogen) atoms. The third-order valence-corrected chi connectivity index (χ3v) is 3.08. The SMILES string of the molecule is CC1(CNC(=O)CC(=O)O)CCCCC1. The van der Waals surface area contributed by atoms with Crippen molar-refractivity contribution in [3.63, 3.8) is 0 Å². The van der Waals surface area contributed by atoms with Crippen LogP contribution in [0.4, 0.5) is 0 Å². The van der Waals surface area contributed by atoms with Crippen LogP contribution in [0.5, 0.6) is 0 Å². The number of carbonyl (C=O) groups excluding carboxylic acids is 1. The standard InChI is InChI=1S/C11H19NO3/c1-11(5-3-2-4-6-11)8-12-9(13)7-10(14)15/h2-8H2,1H3,(H,12,13)(H,14,15). The van der Waals surface area contributed by atoms with Crippen molar-refractivity contribution in [1.82, 2.24) is 5.32 Å². The zero-order chi connectivity index (χ0) is 11.3. The van der Waals surface area contributed by atoms with Crippen LogP contribution in [0.1, 0.15) is 45.4 Å². The zero-order valence-electron chi connectivity index (χ0n) is 9.21. The number of rotatable bonds is 4. The van der Waals surface area contributed by atoms with Crippen molar-refractivity contribution in [1.29, 1.82) is 0 Å². The van der Waals surface area contributed by atoms with Gasteiger partial charge in [0.05, 0.1) is 0 Å². The van der Waals surface area contributed by atoms with Gasteiger partial charge in [-0.25, -0.2) is 0 Å². The molecule has 1 saturated carbocycles. The monoisotopic (exact) mass is 213 g/mol. The van der Waals surface area contributed by atoms with Gasteiger partial charge in [0.2, 0.25) is 5.91 Å². The van der Waals surface area contributed by atoms with E-state index < -0.39 is 12.4 Å². The summed E-state index contributed by atoms with van der Waals surface area (Å²) in [4.78, 5) is 21.4. The van der Waals surface area contributed by atoms with Crippen molar-refractivity contribution in [2.75, 3.05) is 6.54 Å². The summed E-state index contributed by atoms with van der Waals surface area (Å²) in [7, 11) is 0. The van der Waals surface area contributed by atoms with E-state index in [4.69, 9.17) is 5.11 Å². The van der Waals surface area contributed by atoms with Gasteiger partial charge >= 0.3 is 5.97 Å². The normalized spacial score (nSPS) is 19.5. The van der Waals surface area contributed by atoms with Crippen molar-refractivity contribution in [2.24, 2.45) is 5.41 Å². The number of carbonyl (C=O) groups is 2. The van der Waals surface area contributed by atoms with Crippen molar-refractivity contribution in [3.05, 3.63) is 0 Å². The quantitative estimate of drug-likeness (QED) is 0.696. The van der Waals surface area contributed by atoms with Gasteiger partial charge < -0.3 is 10.4 Å². The second-order valence-electron chi connectivity index (χ2n) is 4.72. The lowest BCUT2D eigenvalue weighted by molar-refractivity contribution is -0.140. The molecule has 0 aromatic rings. The number of nitrogens with one attached hydrogen (secondary N) is 1. The van der Waals surface area contributed by atoms with E-state index in [1.165, 1.54) is 19.3 Å². The van der Waals surface area contributed by atoms with Crippen LogP contribution in [0.3, 0.4) is 0 Å². The summed E-state index contributed by atoms with van der Waals surface area (Å²) in [5, 5.41) is 11.1. The lowest BCUT2D eigenvalue weighted by Gasteiger charge is -2.33. The molecule has 0 unspecified atom stereocenters. The molecule has 0 saturated heterocycles. The summed E-state index contributed by atoms with van der Waals surface area (Å²) < 4.78 is 0. The van der Waals surface area contributed by atoms with Crippen molar-refractivity contribution < 1.29 is 14.7 Å². The van der Waals surface area contributed by atoms with Gasteiger partial charge in [0.1, 0.15) is 6.42 Å². The Kier molecular flexibility index (Phi) is 4.12. The maximum absolute atomic E-state index is 11.1. The van der Waals surface area contributed by atoms with Crippen LogP contribution in [0.2, 0.25) is 0 Å². The van der Waals surface area contributed by atoms with E-state index >= 15 is 0 Å². The van der Waals surface area contributed by atoms with Crippen LogP contribution in [0.25, 0.3) is 0 Å². The maximum atomic E-state index is 11.1. The molecule has 1 amide bonds. The second-order valence-corrected chi connectivity index (χ2v) is 4.72. The fraction of sp³-hybridized carbons (Fsp3) is 0.818. The fourth-order valence-electron chi connectivity index (χ4n) is 2.09. The van der Waals surface area contributed by atoms with Crippen molar-refractivity contribution >= 4 is 11.9 Å². The van der Waals surface area contributed by atoms with Gasteiger partial charge in [-0.05, 0) is 18.3 Å². The van der Waals surface area contributed by atoms with E-state index in [1.807, 2.05) is 0 Å². The number of aliphatic carboxylic acids is 1. The third kappa shape index (κ3) is 4.32. The highest BCUT2D eigenvalue weighted by Gasteiger charge is 2.27. The van der Waals surface area contributed by atoms with E-state index in [1.54, 1.807) is 0 Å². The minimum absolute atomic E-state index is 0.173. The fourth-order valence-corrected chi connectivity index (χ4v) is 2.09. The molecule has 1 aliphatic rings. The summed E-state index contributed by atoms with van der Waals surface area (Å²) in [6, 6.07) is 0. The molecule has 0 spiro atoms. The Morgan fingerprint density at radius 1 is 1.27 bits per heavy atom. The molecule has 1 aliphatic carbocycles. The minimum Gasteiger partial charge on any atom is -0.481 e. The molecule has 2 N–H and O–H groups in total. The molecule has 4 nitrogen and oxygen atoms in total. The van der Waals surface area contributed by atoms with Gasteiger partial charge in [-0.2, -0.15) is 0 Å². The molecule has 4 heteroatoms. The summed E-state index contributed by atoms with van der Waals surface area (Å²) in [6.45, 7) is 2.77. The van der Waals surface area contributed by atoms with Crippen LogP contribution in [-0.4, -0.2) is 23.5 Å². The number of hydrogen-bond acceptors (Lipinski definition) is 2. The first kappa shape index (κ1) is 12.0. The van der Waals surface area contributed by atoms with Crippen LogP contribution in [0.15, 0.2) is 0 Å². The molecule has 86 valence electrons. The molecule has 1 fully saturated rings. The van der Waals surface area contributed by atoms with E-state index in [-0.39, 0.29) is 11.3 Å². The highest BCUT2D eigenvalue weighted by atomic mass is 16.4. The highest BCUT2D eigenvalue weighted by molar-refractivity contribution is 5.93. The van der Waals surface area contributed by atoms with Crippen molar-refractivity contribution in [3.8, 4) is 0 Å². The van der Waals surface area contributed by atoms with Crippen LogP contribution in [-0.2, 0) is 9.59 Å². The molecule has 0 heterocycles. The van der Waals surface area contributed by atoms with Gasteiger partial charge in [-0.15, -0.1) is 0 Å². The molecule has 0 aromatic carbocycles. The molecule has 0 radical (unpaired) electrons. The molecular formula is C11H19NO3. The molecule has 0 atom stereocenters. The van der Waals surface area contributed by atoms with Crippen LogP contribution in [0, 0.1) is 5.41 Å². The number of carboxylic acids is 1. The molecular weight excluding hydrogens is 194 g/mol. The number of amides is 1. The smallest absolute Gasteiger partial charge is 0.312 e. The maximum Gasteiger partial charge on any atom is 0.312 e. The van der Waals surface area contributed by atoms with Gasteiger partial charge in [-0.3, -0.25) is 9.59 Å². The molecule has 1 rings (SSSR count). The summed E-state index contributed by atoms with van der Waals surface area (Å²) in [5.41, 5.74) is 0.173. The predicted octanol–water partition coefficient (Wildman–Crippen LogP) is 1.55. The van der Waals surface area contributed by atoms with Gasteiger partial charge in [0.25, 0.3) is 0 Å². The molecule has 0 bridgehead atoms. The largest absolute Gasteiger partial charge is 0.481 e. The Morgan fingerprint density at radius 2 is 1.87 bits per heavy atom. The predicted molar refractivity (Wildman–Crippen MR) is 56.5 cm³/mol. The van der Waals surface area contributed by atoms with Gasteiger partial charge in [0.15, 0.2) is 0 Å². The average Bonchev–Trinajstić information content (AvgIpc) is 2.15. The Bertz CT molecular complexity index is 244. The lowest BCUT2D eigenvalue weighted by atomic mass is 9.76. The van der Waals surface area contributed by atoms with E-state index in [0.717, 1.165) is 12.8 Å². The average molecular weight is 213 g/mol. The molecule has 0 aromatic heterocycles. The lowest BCUT2D eigenvalue weighted by Crippen LogP contribution is -2.37. The van der Waals surface area contributed by atoms with E-state index in [9.17, 15) is 9.59 Å². The number of hydrogen-bond donors (Lipinski definition) is 2. The van der Waals surface area contributed by atoms with Crippen LogP contribution < -0.4 is 5.32 Å². The van der Waals surface area contributed by atoms with E-state index in [0.29, 0.717) is 6.54 Å². The first-order valence-corrected chi connectivity index (χ1v) is 5.50. The van der Waals surface area contributed by atoms with Gasteiger partial charge in [-0.1, -0.05) is 26.2 Å². The van der Waals surface area contributed by atoms with Crippen LogP contribution >= 0.6 is 0 Å². The summed E-state index contributed by atoms with van der Waals surface area (Å²) in [5.74, 6) is -1.45. The summed E-state index contributed by atoms with van der Waals surface area (Å²) >= 11 is 0. The van der Waals surface area contributed by atoms with Crippen molar-refractivity contribution in [2.45, 2.75) is 45.4 Å². The molecule has 0 aliphatic heterocycles. The Hall–Kier alpha value is -1.06. The topological polar surface area (TPSA) is 66.4 Å². The second kappa shape index (κ2) is 5.14. The van der Waals surface area contributed by atoms with Gasteiger partial charge in [0, 0.05) is 6.54 Å². The zero-order valence-corrected chi connectivity index (χ0v) is 9.21. The summed E-state index contributed by atoms with van der Waals surface area (Å²) in [6.07, 6.45) is 5.53.